The van der Waals surface area contributed by atoms with Crippen molar-refractivity contribution in [2.45, 2.75) is 11.8 Å². The summed E-state index contributed by atoms with van der Waals surface area (Å²) >= 11 is 1.86. The van der Waals surface area contributed by atoms with Crippen molar-refractivity contribution in [3.05, 3.63) is 30.0 Å². The molecule has 2 aromatic rings. The highest BCUT2D eigenvalue weighted by molar-refractivity contribution is 7.99. The van der Waals surface area contributed by atoms with Gasteiger partial charge in [-0.3, -0.25) is 4.98 Å². The van der Waals surface area contributed by atoms with Crippen LogP contribution in [0.4, 0.5) is 5.69 Å². The average Bonchev–Trinajstić information content (AvgIpc) is 2.29. The van der Waals surface area contributed by atoms with Crippen molar-refractivity contribution in [2.75, 3.05) is 32.1 Å². The molecule has 1 heterocycles. The number of hydrogen-bond donors (Lipinski definition) is 1. The molecule has 0 amide bonds. The maximum absolute atomic E-state index is 5.86. The van der Waals surface area contributed by atoms with E-state index in [-0.39, 0.29) is 0 Å². The van der Waals surface area contributed by atoms with E-state index in [1.165, 1.54) is 4.90 Å². The van der Waals surface area contributed by atoms with E-state index in [1.54, 1.807) is 0 Å². The van der Waals surface area contributed by atoms with Gasteiger partial charge in [0.2, 0.25) is 0 Å². The molecule has 2 rings (SSSR count). The first-order valence-electron chi connectivity index (χ1n) is 6.00. The molecule has 0 aliphatic carbocycles. The lowest BCUT2D eigenvalue weighted by atomic mass is 10.2. The molecule has 96 valence electrons. The van der Waals surface area contributed by atoms with Gasteiger partial charge >= 0.3 is 0 Å². The highest BCUT2D eigenvalue weighted by Crippen LogP contribution is 2.29. The first-order chi connectivity index (χ1) is 8.56. The van der Waals surface area contributed by atoms with Crippen LogP contribution in [-0.4, -0.2) is 36.3 Å². The molecule has 2 N–H and O–H groups in total. The van der Waals surface area contributed by atoms with Gasteiger partial charge in [0.15, 0.2) is 0 Å². The Morgan fingerprint density at radius 1 is 1.28 bits per heavy atom. The lowest BCUT2D eigenvalue weighted by molar-refractivity contribution is 0.437. The van der Waals surface area contributed by atoms with Gasteiger partial charge in [0.25, 0.3) is 0 Å². The fourth-order valence-electron chi connectivity index (χ4n) is 1.80. The van der Waals surface area contributed by atoms with E-state index < -0.39 is 0 Å². The zero-order chi connectivity index (χ0) is 13.1. The summed E-state index contributed by atoms with van der Waals surface area (Å²) in [4.78, 5) is 8.00. The highest BCUT2D eigenvalue weighted by atomic mass is 32.2. The molecule has 18 heavy (non-hydrogen) atoms. The molecule has 0 saturated heterocycles. The second-order valence-electron chi connectivity index (χ2n) is 4.69. The van der Waals surface area contributed by atoms with Gasteiger partial charge in [0.05, 0.1) is 5.52 Å². The number of fused-ring (bicyclic) bond motifs is 1. The van der Waals surface area contributed by atoms with Gasteiger partial charge in [-0.25, -0.2) is 0 Å². The minimum atomic E-state index is 0.794. The molecule has 0 unspecified atom stereocenters. The Morgan fingerprint density at radius 2 is 2.06 bits per heavy atom. The fraction of sp³-hybridized carbons (Fsp3) is 0.357. The van der Waals surface area contributed by atoms with Crippen LogP contribution < -0.4 is 5.73 Å². The smallest absolute Gasteiger partial charge is 0.0717 e. The van der Waals surface area contributed by atoms with Crippen molar-refractivity contribution in [1.29, 1.82) is 0 Å². The molecule has 1 aromatic carbocycles. The number of aryl methyl sites for hydroxylation is 1. The van der Waals surface area contributed by atoms with Crippen molar-refractivity contribution in [1.82, 2.24) is 9.88 Å². The molecule has 3 nitrogen and oxygen atoms in total. The van der Waals surface area contributed by atoms with Gasteiger partial charge in [0.1, 0.15) is 0 Å². The minimum Gasteiger partial charge on any atom is -0.399 e. The second-order valence-corrected chi connectivity index (χ2v) is 5.83. The van der Waals surface area contributed by atoms with E-state index in [9.17, 15) is 0 Å². The van der Waals surface area contributed by atoms with Crippen LogP contribution in [-0.2, 0) is 0 Å². The van der Waals surface area contributed by atoms with E-state index in [2.05, 4.69) is 30.0 Å². The van der Waals surface area contributed by atoms with Gasteiger partial charge < -0.3 is 10.6 Å². The standard InChI is InChI=1S/C14H19N3S/c1-10-8-14(18-7-6-17(2)3)12-9-11(15)4-5-13(12)16-10/h4-5,8-9H,6-7,15H2,1-3H3. The van der Waals surface area contributed by atoms with Crippen LogP contribution in [0.1, 0.15) is 5.69 Å². The Morgan fingerprint density at radius 3 is 2.78 bits per heavy atom. The van der Waals surface area contributed by atoms with Gasteiger partial charge in [-0.1, -0.05) is 0 Å². The normalized spacial score (nSPS) is 11.3. The van der Waals surface area contributed by atoms with Gasteiger partial charge in [-0.05, 0) is 45.3 Å². The summed E-state index contributed by atoms with van der Waals surface area (Å²) in [5, 5.41) is 1.16. The number of nitrogens with two attached hydrogens (primary N) is 1. The van der Waals surface area contributed by atoms with Gasteiger partial charge in [-0.15, -0.1) is 11.8 Å². The first-order valence-corrected chi connectivity index (χ1v) is 6.99. The summed E-state index contributed by atoms with van der Waals surface area (Å²) in [5.74, 6) is 1.07. The van der Waals surface area contributed by atoms with Crippen molar-refractivity contribution in [3.8, 4) is 0 Å². The van der Waals surface area contributed by atoms with Crippen LogP contribution in [0.25, 0.3) is 10.9 Å². The number of aromatic nitrogens is 1. The van der Waals surface area contributed by atoms with Crippen molar-refractivity contribution in [2.24, 2.45) is 0 Å². The van der Waals surface area contributed by atoms with Gasteiger partial charge in [0, 0.05) is 34.0 Å². The van der Waals surface area contributed by atoms with Crippen molar-refractivity contribution >= 4 is 28.4 Å². The summed E-state index contributed by atoms with van der Waals surface area (Å²) in [5.41, 5.74) is 8.74. The number of nitrogen functional groups attached to an aromatic ring is 1. The molecule has 0 aliphatic rings. The summed E-state index contributed by atoms with van der Waals surface area (Å²) in [6.07, 6.45) is 0. The van der Waals surface area contributed by atoms with E-state index in [0.29, 0.717) is 0 Å². The molecule has 0 spiro atoms. The highest BCUT2D eigenvalue weighted by Gasteiger charge is 2.05. The summed E-state index contributed by atoms with van der Waals surface area (Å²) in [6.45, 7) is 3.10. The number of rotatable bonds is 4. The average molecular weight is 261 g/mol. The summed E-state index contributed by atoms with van der Waals surface area (Å²) in [6, 6.07) is 8.05. The Hall–Kier alpha value is -1.26. The number of thioether (sulfide) groups is 1. The van der Waals surface area contributed by atoms with Crippen LogP contribution >= 0.6 is 11.8 Å². The molecule has 1 aromatic heterocycles. The van der Waals surface area contributed by atoms with Gasteiger partial charge in [-0.2, -0.15) is 0 Å². The zero-order valence-corrected chi connectivity index (χ0v) is 11.9. The van der Waals surface area contributed by atoms with Crippen molar-refractivity contribution < 1.29 is 0 Å². The zero-order valence-electron chi connectivity index (χ0n) is 11.1. The number of anilines is 1. The van der Waals surface area contributed by atoms with Crippen LogP contribution in [0.5, 0.6) is 0 Å². The summed E-state index contributed by atoms with van der Waals surface area (Å²) in [7, 11) is 4.18. The third-order valence-corrected chi connectivity index (χ3v) is 3.75. The Labute approximate surface area is 112 Å². The minimum absolute atomic E-state index is 0.794. The maximum Gasteiger partial charge on any atom is 0.0717 e. The van der Waals surface area contributed by atoms with E-state index >= 15 is 0 Å². The number of pyridine rings is 1. The molecule has 0 saturated carbocycles. The Balaban J connectivity index is 2.32. The topological polar surface area (TPSA) is 42.1 Å². The van der Waals surface area contributed by atoms with Crippen LogP contribution in [0.3, 0.4) is 0 Å². The number of nitrogens with zero attached hydrogens (tertiary/aromatic N) is 2. The molecule has 4 heteroatoms. The van der Waals surface area contributed by atoms with E-state index in [1.807, 2.05) is 36.9 Å². The van der Waals surface area contributed by atoms with E-state index in [4.69, 9.17) is 5.73 Å². The predicted octanol–water partition coefficient (Wildman–Crippen LogP) is 2.78. The van der Waals surface area contributed by atoms with E-state index in [0.717, 1.165) is 34.6 Å². The number of hydrogen-bond acceptors (Lipinski definition) is 4. The lowest BCUT2D eigenvalue weighted by Gasteiger charge is -2.11. The number of benzene rings is 1. The molecule has 0 aliphatic heterocycles. The fourth-order valence-corrected chi connectivity index (χ4v) is 3.05. The first kappa shape index (κ1) is 13.2. The van der Waals surface area contributed by atoms with Crippen LogP contribution in [0, 0.1) is 6.92 Å². The molecule has 0 atom stereocenters. The molecular formula is C14H19N3S. The quantitative estimate of drug-likeness (QED) is 0.679. The SMILES string of the molecule is Cc1cc(SCCN(C)C)c2cc(N)ccc2n1. The molecule has 0 fully saturated rings. The molecule has 0 bridgehead atoms. The second kappa shape index (κ2) is 5.59. The van der Waals surface area contributed by atoms with Crippen LogP contribution in [0.15, 0.2) is 29.2 Å². The third kappa shape index (κ3) is 3.15. The Bertz CT molecular complexity index is 552. The Kier molecular flexibility index (Phi) is 4.09. The predicted molar refractivity (Wildman–Crippen MR) is 80.2 cm³/mol. The summed E-state index contributed by atoms with van der Waals surface area (Å²) < 4.78 is 0. The lowest BCUT2D eigenvalue weighted by Crippen LogP contribution is -2.14. The van der Waals surface area contributed by atoms with Crippen LogP contribution in [0.2, 0.25) is 0 Å². The largest absolute Gasteiger partial charge is 0.399 e. The molecule has 0 radical (unpaired) electrons. The third-order valence-electron chi connectivity index (χ3n) is 2.72. The monoisotopic (exact) mass is 261 g/mol. The van der Waals surface area contributed by atoms with Crippen molar-refractivity contribution in [3.63, 3.8) is 0 Å². The maximum atomic E-state index is 5.86. The molecular weight excluding hydrogens is 242 g/mol.